The average Bonchev–Trinajstić information content (AvgIpc) is 2.73. The summed E-state index contributed by atoms with van der Waals surface area (Å²) in [4.78, 5) is 4.64. The van der Waals surface area contributed by atoms with Gasteiger partial charge < -0.3 is 20.7 Å². The van der Waals surface area contributed by atoms with Crippen molar-refractivity contribution in [3.05, 3.63) is 59.2 Å². The molecule has 0 saturated heterocycles. The molecule has 0 bridgehead atoms. The van der Waals surface area contributed by atoms with E-state index in [-0.39, 0.29) is 0 Å². The summed E-state index contributed by atoms with van der Waals surface area (Å²) in [7, 11) is 0. The molecule has 30 heavy (non-hydrogen) atoms. The van der Waals surface area contributed by atoms with Crippen LogP contribution in [0.1, 0.15) is 23.6 Å². The van der Waals surface area contributed by atoms with Gasteiger partial charge in [0.25, 0.3) is 0 Å². The standard InChI is InChI=1S/C23H25N5OS/c1-4-29-21-8-6-5-7-19(21)28-23(30)26-10-9-25-22-18(14-24)13-17-11-15(2)16(3)12-20(17)27-22/h5-8,11-13H,4,9-10H2,1-3H3,(H,25,27)(H2,26,28,30). The lowest BCUT2D eigenvalue weighted by Crippen LogP contribution is -2.32. The van der Waals surface area contributed by atoms with Crippen LogP contribution in [0.5, 0.6) is 5.75 Å². The number of nitrogens with one attached hydrogen (secondary N) is 3. The van der Waals surface area contributed by atoms with Crippen molar-refractivity contribution in [2.24, 2.45) is 0 Å². The van der Waals surface area contributed by atoms with Crippen LogP contribution >= 0.6 is 12.2 Å². The maximum atomic E-state index is 9.49. The summed E-state index contributed by atoms with van der Waals surface area (Å²) in [5, 5.41) is 20.5. The molecule has 0 aliphatic carbocycles. The zero-order valence-electron chi connectivity index (χ0n) is 17.4. The molecule has 0 aliphatic rings. The van der Waals surface area contributed by atoms with Crippen LogP contribution in [0.15, 0.2) is 42.5 Å². The number of rotatable bonds is 7. The Hall–Kier alpha value is -3.37. The van der Waals surface area contributed by atoms with Crippen LogP contribution in [-0.2, 0) is 0 Å². The maximum absolute atomic E-state index is 9.49. The SMILES string of the molecule is CCOc1ccccc1NC(=S)NCCNc1nc2cc(C)c(C)cc2cc1C#N. The summed E-state index contributed by atoms with van der Waals surface area (Å²) in [6.07, 6.45) is 0. The summed E-state index contributed by atoms with van der Waals surface area (Å²) >= 11 is 5.37. The normalized spacial score (nSPS) is 10.3. The Bertz CT molecular complexity index is 1110. The number of hydrogen-bond acceptors (Lipinski definition) is 5. The highest BCUT2D eigenvalue weighted by atomic mass is 32.1. The van der Waals surface area contributed by atoms with E-state index in [9.17, 15) is 5.26 Å². The molecule has 0 atom stereocenters. The summed E-state index contributed by atoms with van der Waals surface area (Å²) < 4.78 is 5.60. The number of para-hydroxylation sites is 2. The third-order valence-corrected chi connectivity index (χ3v) is 4.94. The lowest BCUT2D eigenvalue weighted by atomic mass is 10.0. The smallest absolute Gasteiger partial charge is 0.170 e. The molecule has 2 aromatic carbocycles. The first kappa shape index (κ1) is 21.3. The number of ether oxygens (including phenoxy) is 1. The summed E-state index contributed by atoms with van der Waals surface area (Å²) in [6, 6.07) is 15.9. The molecule has 0 fully saturated rings. The number of pyridine rings is 1. The fraction of sp³-hybridized carbons (Fsp3) is 0.261. The first-order chi connectivity index (χ1) is 14.5. The van der Waals surface area contributed by atoms with Gasteiger partial charge in [0.2, 0.25) is 0 Å². The quantitative estimate of drug-likeness (QED) is 0.384. The highest BCUT2D eigenvalue weighted by molar-refractivity contribution is 7.80. The second-order valence-electron chi connectivity index (χ2n) is 6.86. The fourth-order valence-electron chi connectivity index (χ4n) is 3.03. The van der Waals surface area contributed by atoms with Gasteiger partial charge in [-0.3, -0.25) is 0 Å². The van der Waals surface area contributed by atoms with E-state index in [1.54, 1.807) is 0 Å². The Morgan fingerprint density at radius 3 is 2.67 bits per heavy atom. The zero-order chi connectivity index (χ0) is 21.5. The van der Waals surface area contributed by atoms with Gasteiger partial charge in [-0.25, -0.2) is 4.98 Å². The number of nitrogens with zero attached hydrogens (tertiary/aromatic N) is 2. The third kappa shape index (κ3) is 5.16. The highest BCUT2D eigenvalue weighted by Gasteiger charge is 2.08. The van der Waals surface area contributed by atoms with E-state index in [0.29, 0.717) is 36.2 Å². The number of benzene rings is 2. The summed E-state index contributed by atoms with van der Waals surface area (Å²) in [5.74, 6) is 1.34. The Morgan fingerprint density at radius 1 is 1.13 bits per heavy atom. The first-order valence-electron chi connectivity index (χ1n) is 9.84. The van der Waals surface area contributed by atoms with Crippen LogP contribution in [0.3, 0.4) is 0 Å². The minimum absolute atomic E-state index is 0.502. The molecule has 0 amide bonds. The monoisotopic (exact) mass is 419 g/mol. The van der Waals surface area contributed by atoms with Gasteiger partial charge in [-0.1, -0.05) is 12.1 Å². The molecule has 1 heterocycles. The highest BCUT2D eigenvalue weighted by Crippen LogP contribution is 2.24. The number of thiocarbonyl (C=S) groups is 1. The van der Waals surface area contributed by atoms with Crippen molar-refractivity contribution in [2.75, 3.05) is 30.3 Å². The molecular formula is C23H25N5OS. The van der Waals surface area contributed by atoms with Gasteiger partial charge in [-0.05, 0) is 74.4 Å². The Kier molecular flexibility index (Phi) is 7.04. The molecule has 6 nitrogen and oxygen atoms in total. The molecule has 7 heteroatoms. The Labute approximate surface area is 182 Å². The first-order valence-corrected chi connectivity index (χ1v) is 10.2. The maximum Gasteiger partial charge on any atom is 0.170 e. The number of anilines is 2. The molecule has 1 aromatic heterocycles. The van der Waals surface area contributed by atoms with Crippen LogP contribution in [-0.4, -0.2) is 29.8 Å². The molecule has 0 unspecified atom stereocenters. The molecule has 0 radical (unpaired) electrons. The lowest BCUT2D eigenvalue weighted by Gasteiger charge is -2.15. The van der Waals surface area contributed by atoms with E-state index in [4.69, 9.17) is 17.0 Å². The third-order valence-electron chi connectivity index (χ3n) is 4.69. The zero-order valence-corrected chi connectivity index (χ0v) is 18.2. The predicted molar refractivity (Wildman–Crippen MR) is 126 cm³/mol. The number of aromatic nitrogens is 1. The van der Waals surface area contributed by atoms with Crippen molar-refractivity contribution in [3.8, 4) is 11.8 Å². The van der Waals surface area contributed by atoms with Crippen LogP contribution in [0, 0.1) is 25.2 Å². The fourth-order valence-corrected chi connectivity index (χ4v) is 3.25. The van der Waals surface area contributed by atoms with Crippen molar-refractivity contribution in [2.45, 2.75) is 20.8 Å². The van der Waals surface area contributed by atoms with Crippen LogP contribution in [0.4, 0.5) is 11.5 Å². The summed E-state index contributed by atoms with van der Waals surface area (Å²) in [6.45, 7) is 7.78. The number of nitriles is 1. The molecular weight excluding hydrogens is 394 g/mol. The van der Waals surface area contributed by atoms with Gasteiger partial charge in [0.1, 0.15) is 17.6 Å². The molecule has 3 aromatic rings. The van der Waals surface area contributed by atoms with E-state index < -0.39 is 0 Å². The Morgan fingerprint density at radius 2 is 1.90 bits per heavy atom. The molecule has 3 rings (SSSR count). The van der Waals surface area contributed by atoms with Gasteiger partial charge >= 0.3 is 0 Å². The van der Waals surface area contributed by atoms with Crippen molar-refractivity contribution >= 4 is 39.7 Å². The van der Waals surface area contributed by atoms with Crippen molar-refractivity contribution < 1.29 is 4.74 Å². The predicted octanol–water partition coefficient (Wildman–Crippen LogP) is 4.52. The van der Waals surface area contributed by atoms with Gasteiger partial charge in [-0.15, -0.1) is 0 Å². The minimum atomic E-state index is 0.502. The number of aryl methyl sites for hydroxylation is 2. The van der Waals surface area contributed by atoms with Gasteiger partial charge in [0, 0.05) is 18.5 Å². The van der Waals surface area contributed by atoms with Crippen LogP contribution in [0.25, 0.3) is 10.9 Å². The lowest BCUT2D eigenvalue weighted by molar-refractivity contribution is 0.342. The van der Waals surface area contributed by atoms with Crippen molar-refractivity contribution in [1.29, 1.82) is 5.26 Å². The van der Waals surface area contributed by atoms with Gasteiger partial charge in [-0.2, -0.15) is 5.26 Å². The topological polar surface area (TPSA) is 82.0 Å². The average molecular weight is 420 g/mol. The van der Waals surface area contributed by atoms with E-state index in [1.807, 2.05) is 43.3 Å². The molecule has 0 saturated carbocycles. The second kappa shape index (κ2) is 9.90. The Balaban J connectivity index is 1.59. The van der Waals surface area contributed by atoms with Crippen LogP contribution in [0.2, 0.25) is 0 Å². The van der Waals surface area contributed by atoms with Gasteiger partial charge in [0.05, 0.1) is 23.4 Å². The number of fused-ring (bicyclic) bond motifs is 1. The van der Waals surface area contributed by atoms with Crippen molar-refractivity contribution in [1.82, 2.24) is 10.3 Å². The van der Waals surface area contributed by atoms with E-state index in [0.717, 1.165) is 22.3 Å². The van der Waals surface area contributed by atoms with E-state index in [2.05, 4.69) is 46.9 Å². The molecule has 3 N–H and O–H groups in total. The summed E-state index contributed by atoms with van der Waals surface area (Å²) in [5.41, 5.74) is 4.58. The number of hydrogen-bond donors (Lipinski definition) is 3. The van der Waals surface area contributed by atoms with E-state index in [1.165, 1.54) is 11.1 Å². The van der Waals surface area contributed by atoms with E-state index >= 15 is 0 Å². The molecule has 154 valence electrons. The minimum Gasteiger partial charge on any atom is -0.492 e. The second-order valence-corrected chi connectivity index (χ2v) is 7.27. The van der Waals surface area contributed by atoms with Gasteiger partial charge in [0.15, 0.2) is 5.11 Å². The molecule has 0 spiro atoms. The van der Waals surface area contributed by atoms with Crippen molar-refractivity contribution in [3.63, 3.8) is 0 Å². The van der Waals surface area contributed by atoms with Crippen LogP contribution < -0.4 is 20.7 Å². The molecule has 0 aliphatic heterocycles. The largest absolute Gasteiger partial charge is 0.492 e.